The smallest absolute Gasteiger partial charge is 0.177 e. The van der Waals surface area contributed by atoms with Gasteiger partial charge in [-0.05, 0) is 19.8 Å². The van der Waals surface area contributed by atoms with E-state index in [1.165, 1.54) is 12.8 Å². The van der Waals surface area contributed by atoms with Gasteiger partial charge in [-0.15, -0.1) is 0 Å². The molecule has 1 heterocycles. The van der Waals surface area contributed by atoms with E-state index in [0.29, 0.717) is 6.29 Å². The molecule has 1 aliphatic rings. The summed E-state index contributed by atoms with van der Waals surface area (Å²) in [4.78, 5) is 0. The molecule has 0 aromatic rings. The van der Waals surface area contributed by atoms with Gasteiger partial charge in [0, 0.05) is 7.26 Å². The number of rotatable bonds is 4. The van der Waals surface area contributed by atoms with Crippen LogP contribution in [0, 0.1) is 0 Å². The molecule has 0 aromatic carbocycles. The summed E-state index contributed by atoms with van der Waals surface area (Å²) in [7, 11) is -5.64. The molecule has 0 bridgehead atoms. The molecule has 0 radical (unpaired) electrons. The van der Waals surface area contributed by atoms with Gasteiger partial charge in [-0.1, -0.05) is 3.89 Å². The fraction of sp³-hybridized carbons (Fsp3) is 1.00. The van der Waals surface area contributed by atoms with Crippen molar-refractivity contribution in [2.75, 3.05) is 24.8 Å². The molecule has 3 nitrogen and oxygen atoms in total. The van der Waals surface area contributed by atoms with Crippen LogP contribution in [0.25, 0.3) is 0 Å². The second-order valence-electron chi connectivity index (χ2n) is 3.55. The maximum atomic E-state index is 12.2. The van der Waals surface area contributed by atoms with Crippen molar-refractivity contribution in [3.05, 3.63) is 0 Å². The minimum absolute atomic E-state index is 0.363. The summed E-state index contributed by atoms with van der Waals surface area (Å²) < 4.78 is 34.8. The van der Waals surface area contributed by atoms with Crippen molar-refractivity contribution < 1.29 is 12.3 Å². The Morgan fingerprint density at radius 1 is 1.38 bits per heavy atom. The van der Waals surface area contributed by atoms with Crippen molar-refractivity contribution >= 4 is 17.7 Å². The zero-order valence-electron chi connectivity index (χ0n) is 7.79. The van der Waals surface area contributed by atoms with E-state index in [1.54, 1.807) is 0 Å². The van der Waals surface area contributed by atoms with E-state index in [2.05, 4.69) is 6.92 Å². The third-order valence-electron chi connectivity index (χ3n) is 2.76. The molecular weight excluding hydrogens is 212 g/mol. The minimum Gasteiger partial charge on any atom is -0.177 e. The van der Waals surface area contributed by atoms with Crippen molar-refractivity contribution in [2.45, 2.75) is 19.8 Å². The number of halogens is 1. The first-order valence-corrected chi connectivity index (χ1v) is 8.43. The number of nitrogens with one attached hydrogen (secondary N) is 1. The topological polar surface area (TPSA) is 46.2 Å². The molecule has 0 aliphatic carbocycles. The van der Waals surface area contributed by atoms with E-state index in [-0.39, 0.29) is 0 Å². The summed E-state index contributed by atoms with van der Waals surface area (Å²) in [5.74, 6) is 0. The van der Waals surface area contributed by atoms with Gasteiger partial charge in [-0.3, -0.25) is 0 Å². The molecule has 6 heteroatoms. The Bertz CT molecular complexity index is 262. The summed E-state index contributed by atoms with van der Waals surface area (Å²) in [6.45, 7) is 2.08. The Morgan fingerprint density at radius 2 is 1.92 bits per heavy atom. The second kappa shape index (κ2) is 4.20. The van der Waals surface area contributed by atoms with Crippen LogP contribution in [0.1, 0.15) is 19.8 Å². The number of hydrogen-bond acceptors (Lipinski definition) is 2. The predicted octanol–water partition coefficient (Wildman–Crippen LogP) is 1.58. The van der Waals surface area contributed by atoms with Crippen molar-refractivity contribution in [1.29, 1.82) is 0 Å². The molecule has 0 spiro atoms. The van der Waals surface area contributed by atoms with Crippen LogP contribution in [0.5, 0.6) is 0 Å². The third-order valence-corrected chi connectivity index (χ3v) is 8.16. The van der Waals surface area contributed by atoms with Crippen LogP contribution in [-0.4, -0.2) is 33.2 Å². The quantitative estimate of drug-likeness (QED) is 0.586. The highest BCUT2D eigenvalue weighted by Gasteiger charge is 2.39. The van der Waals surface area contributed by atoms with Gasteiger partial charge >= 0.3 is 10.4 Å². The molecule has 0 unspecified atom stereocenters. The molecular formula is C7H16FNO2PS+. The lowest BCUT2D eigenvalue weighted by Gasteiger charge is -2.19. The molecule has 1 saturated heterocycles. The van der Waals surface area contributed by atoms with Crippen LogP contribution in [-0.2, 0) is 10.4 Å². The third kappa shape index (κ3) is 3.49. The van der Waals surface area contributed by atoms with E-state index >= 15 is 0 Å². The summed E-state index contributed by atoms with van der Waals surface area (Å²) in [5.41, 5.74) is 0. The van der Waals surface area contributed by atoms with Crippen LogP contribution < -0.4 is 4.72 Å². The molecule has 0 atom stereocenters. The normalized spacial score (nSPS) is 22.0. The van der Waals surface area contributed by atoms with Crippen LogP contribution in [0.3, 0.4) is 0 Å². The van der Waals surface area contributed by atoms with Gasteiger partial charge < -0.3 is 0 Å². The Labute approximate surface area is 79.8 Å². The maximum Gasteiger partial charge on any atom is 0.375 e. The Morgan fingerprint density at radius 3 is 2.31 bits per heavy atom. The second-order valence-corrected chi connectivity index (χ2v) is 9.24. The highest BCUT2D eigenvalue weighted by Crippen LogP contribution is 2.62. The van der Waals surface area contributed by atoms with Crippen LogP contribution in [0.15, 0.2) is 0 Å². The molecule has 1 N–H and O–H groups in total. The van der Waals surface area contributed by atoms with Gasteiger partial charge in [0.25, 0.3) is 0 Å². The first-order valence-electron chi connectivity index (χ1n) is 4.52. The summed E-state index contributed by atoms with van der Waals surface area (Å²) in [6, 6.07) is 0. The lowest BCUT2D eigenvalue weighted by molar-refractivity contribution is 0.541. The highest BCUT2D eigenvalue weighted by molar-refractivity contribution is 7.85. The van der Waals surface area contributed by atoms with Gasteiger partial charge in [-0.2, -0.15) is 13.1 Å². The Hall–Kier alpha value is 0.270. The van der Waals surface area contributed by atoms with Gasteiger partial charge in [-0.25, -0.2) is 0 Å². The first-order chi connectivity index (χ1) is 5.97. The van der Waals surface area contributed by atoms with Crippen molar-refractivity contribution in [2.24, 2.45) is 0 Å². The zero-order chi connectivity index (χ0) is 9.95. The SMILES string of the molecule is CC[P+]1(CNS(=O)(=O)F)CCCC1. The number of hydrogen-bond donors (Lipinski definition) is 1. The summed E-state index contributed by atoms with van der Waals surface area (Å²) >= 11 is 0. The van der Waals surface area contributed by atoms with Gasteiger partial charge in [0.2, 0.25) is 0 Å². The van der Waals surface area contributed by atoms with Gasteiger partial charge in [0.1, 0.15) is 6.29 Å². The lowest BCUT2D eigenvalue weighted by Crippen LogP contribution is -2.24. The van der Waals surface area contributed by atoms with Crippen molar-refractivity contribution in [3.8, 4) is 0 Å². The van der Waals surface area contributed by atoms with E-state index in [4.69, 9.17) is 0 Å². The van der Waals surface area contributed by atoms with Gasteiger partial charge in [0.15, 0.2) is 0 Å². The minimum atomic E-state index is -4.48. The van der Waals surface area contributed by atoms with E-state index in [9.17, 15) is 12.3 Å². The van der Waals surface area contributed by atoms with E-state index in [0.717, 1.165) is 18.5 Å². The monoisotopic (exact) mass is 228 g/mol. The van der Waals surface area contributed by atoms with Crippen LogP contribution in [0.2, 0.25) is 0 Å². The Balaban J connectivity index is 2.50. The summed E-state index contributed by atoms with van der Waals surface area (Å²) in [6.07, 6.45) is 5.97. The largest absolute Gasteiger partial charge is 0.375 e. The fourth-order valence-corrected chi connectivity index (χ4v) is 6.70. The molecule has 1 fully saturated rings. The average Bonchev–Trinajstić information content (AvgIpc) is 2.49. The van der Waals surface area contributed by atoms with Crippen molar-refractivity contribution in [1.82, 2.24) is 4.72 Å². The van der Waals surface area contributed by atoms with Gasteiger partial charge in [0.05, 0.1) is 18.5 Å². The van der Waals surface area contributed by atoms with E-state index in [1.807, 2.05) is 4.72 Å². The molecule has 78 valence electrons. The summed E-state index contributed by atoms with van der Waals surface area (Å²) in [5, 5.41) is 0. The molecule has 1 aliphatic heterocycles. The van der Waals surface area contributed by atoms with Crippen LogP contribution in [0.4, 0.5) is 3.89 Å². The predicted molar refractivity (Wildman–Crippen MR) is 54.5 cm³/mol. The highest BCUT2D eigenvalue weighted by atomic mass is 32.3. The standard InChI is InChI=1S/C7H16FNO2PS/c1-2-12(5-3-4-6-12)7-9-13(8,10)11/h9H,2-7H2,1H3/q+1. The molecule has 13 heavy (non-hydrogen) atoms. The maximum absolute atomic E-state index is 12.2. The zero-order valence-corrected chi connectivity index (χ0v) is 9.50. The first kappa shape index (κ1) is 11.3. The van der Waals surface area contributed by atoms with Crippen LogP contribution >= 0.6 is 7.26 Å². The Kier molecular flexibility index (Phi) is 3.66. The fourth-order valence-electron chi connectivity index (χ4n) is 1.81. The van der Waals surface area contributed by atoms with E-state index < -0.39 is 17.7 Å². The molecule has 0 amide bonds. The lowest BCUT2D eigenvalue weighted by atomic mass is 10.4. The molecule has 0 aromatic heterocycles. The average molecular weight is 228 g/mol. The van der Waals surface area contributed by atoms with Crippen molar-refractivity contribution in [3.63, 3.8) is 0 Å². The molecule has 1 rings (SSSR count). The molecule has 0 saturated carbocycles.